The topological polar surface area (TPSA) is 149 Å². The molecule has 1 saturated heterocycles. The molecule has 7 atom stereocenters. The fourth-order valence-electron chi connectivity index (χ4n) is 6.60. The van der Waals surface area contributed by atoms with Gasteiger partial charge in [-0.3, -0.25) is 4.79 Å². The number of amides is 1. The Balaban J connectivity index is 2.39. The van der Waals surface area contributed by atoms with Crippen molar-refractivity contribution in [2.24, 2.45) is 0 Å². The number of unbranched alkanes of at least 4 members (excludes halogenated alkanes) is 20. The predicted octanol–water partition coefficient (Wildman–Crippen LogP) is 7.94. The van der Waals surface area contributed by atoms with Crippen LogP contribution in [0.4, 0.5) is 0 Å². The van der Waals surface area contributed by atoms with Crippen molar-refractivity contribution >= 4 is 5.91 Å². The van der Waals surface area contributed by atoms with Crippen LogP contribution in [-0.4, -0.2) is 87.5 Å². The molecule has 1 fully saturated rings. The summed E-state index contributed by atoms with van der Waals surface area (Å²) >= 11 is 0. The van der Waals surface area contributed by atoms with Gasteiger partial charge in [-0.1, -0.05) is 154 Å². The van der Waals surface area contributed by atoms with E-state index in [1.54, 1.807) is 0 Å². The van der Waals surface area contributed by atoms with E-state index in [4.69, 9.17) is 9.47 Å². The van der Waals surface area contributed by atoms with Crippen molar-refractivity contribution in [1.82, 2.24) is 5.32 Å². The third kappa shape index (κ3) is 24.6. The van der Waals surface area contributed by atoms with Crippen molar-refractivity contribution in [2.75, 3.05) is 13.2 Å². The SMILES string of the molecule is CCCCCC/C=C\C/C=C\CCCCCCCC(=O)NC(COC1OC(CO)C(O)C(O)C1O)C(O)CCCCCCCCCCCCCC. The third-order valence-corrected chi connectivity index (χ3v) is 10.1. The molecule has 6 N–H and O–H groups in total. The molecule has 1 aliphatic rings. The number of aliphatic hydroxyl groups is 5. The van der Waals surface area contributed by atoms with Gasteiger partial charge in [0.1, 0.15) is 24.4 Å². The van der Waals surface area contributed by atoms with E-state index in [1.807, 2.05) is 0 Å². The zero-order chi connectivity index (χ0) is 37.4. The highest BCUT2D eigenvalue weighted by Gasteiger charge is 2.44. The second-order valence-corrected chi connectivity index (χ2v) is 14.8. The van der Waals surface area contributed by atoms with E-state index >= 15 is 0 Å². The van der Waals surface area contributed by atoms with Gasteiger partial charge in [-0.2, -0.15) is 0 Å². The molecule has 1 aliphatic heterocycles. The lowest BCUT2D eigenvalue weighted by Gasteiger charge is -2.40. The van der Waals surface area contributed by atoms with Crippen LogP contribution in [0.25, 0.3) is 0 Å². The number of carbonyl (C=O) groups excluding carboxylic acids is 1. The molecule has 0 aromatic carbocycles. The highest BCUT2D eigenvalue weighted by molar-refractivity contribution is 5.76. The van der Waals surface area contributed by atoms with Gasteiger partial charge in [0.25, 0.3) is 0 Å². The van der Waals surface area contributed by atoms with E-state index in [0.717, 1.165) is 64.2 Å². The molecule has 1 rings (SSSR count). The quantitative estimate of drug-likeness (QED) is 0.0289. The van der Waals surface area contributed by atoms with Crippen molar-refractivity contribution < 1.29 is 39.8 Å². The van der Waals surface area contributed by atoms with Crippen LogP contribution in [0.5, 0.6) is 0 Å². The molecule has 51 heavy (non-hydrogen) atoms. The normalized spacial score (nSPS) is 22.2. The van der Waals surface area contributed by atoms with Crippen LogP contribution in [0.2, 0.25) is 0 Å². The third-order valence-electron chi connectivity index (χ3n) is 10.1. The summed E-state index contributed by atoms with van der Waals surface area (Å²) in [6, 6.07) is -0.722. The predicted molar refractivity (Wildman–Crippen MR) is 207 cm³/mol. The molecule has 1 heterocycles. The van der Waals surface area contributed by atoms with Crippen molar-refractivity contribution in [3.05, 3.63) is 24.3 Å². The van der Waals surface area contributed by atoms with E-state index in [0.29, 0.717) is 12.8 Å². The Morgan fingerprint density at radius 1 is 0.667 bits per heavy atom. The number of ether oxygens (including phenoxy) is 2. The number of nitrogens with one attached hydrogen (secondary N) is 1. The Kier molecular flexibility index (Phi) is 31.1. The average Bonchev–Trinajstić information content (AvgIpc) is 3.13. The van der Waals surface area contributed by atoms with Gasteiger partial charge in [0.05, 0.1) is 25.4 Å². The molecule has 0 bridgehead atoms. The van der Waals surface area contributed by atoms with Crippen LogP contribution in [-0.2, 0) is 14.3 Å². The summed E-state index contributed by atoms with van der Waals surface area (Å²) in [5, 5.41) is 54.1. The number of allylic oxidation sites excluding steroid dienone is 4. The monoisotopic (exact) mass is 726 g/mol. The Labute approximate surface area is 311 Å². The van der Waals surface area contributed by atoms with Crippen LogP contribution in [0.1, 0.15) is 181 Å². The first-order valence-corrected chi connectivity index (χ1v) is 21.0. The molecule has 1 amide bonds. The first-order valence-electron chi connectivity index (χ1n) is 21.0. The molecule has 0 aromatic rings. The van der Waals surface area contributed by atoms with Crippen molar-refractivity contribution in [3.8, 4) is 0 Å². The summed E-state index contributed by atoms with van der Waals surface area (Å²) in [4.78, 5) is 12.9. The maximum absolute atomic E-state index is 12.9. The maximum atomic E-state index is 12.9. The summed E-state index contributed by atoms with van der Waals surface area (Å²) < 4.78 is 11.2. The molecule has 0 saturated carbocycles. The molecule has 9 heteroatoms. The lowest BCUT2D eigenvalue weighted by atomic mass is 9.99. The number of rotatable bonds is 34. The summed E-state index contributed by atoms with van der Waals surface area (Å²) in [6.07, 6.45) is 30.3. The second kappa shape index (κ2) is 33.3. The minimum Gasteiger partial charge on any atom is -0.394 e. The first kappa shape index (κ1) is 47.7. The Bertz CT molecular complexity index is 853. The lowest BCUT2D eigenvalue weighted by molar-refractivity contribution is -0.302. The Morgan fingerprint density at radius 2 is 1.16 bits per heavy atom. The van der Waals surface area contributed by atoms with Crippen molar-refractivity contribution in [2.45, 2.75) is 224 Å². The smallest absolute Gasteiger partial charge is 0.220 e. The maximum Gasteiger partial charge on any atom is 0.220 e. The standard InChI is InChI=1S/C42H79NO8/c1-3-5-7-9-11-13-15-17-18-19-20-22-24-26-28-30-32-38(46)43-35(34-50-42-41(49)40(48)39(47)37(33-44)51-42)36(45)31-29-27-25-23-21-16-14-12-10-8-6-4-2/h13,15,18-19,35-37,39-42,44-45,47-49H,3-12,14,16-17,20-34H2,1-2H3,(H,43,46)/b15-13-,19-18-. The highest BCUT2D eigenvalue weighted by Crippen LogP contribution is 2.23. The molecule has 0 spiro atoms. The van der Waals surface area contributed by atoms with Gasteiger partial charge in [-0.25, -0.2) is 0 Å². The number of hydrogen-bond acceptors (Lipinski definition) is 8. The van der Waals surface area contributed by atoms with Crippen molar-refractivity contribution in [3.63, 3.8) is 0 Å². The Morgan fingerprint density at radius 3 is 1.71 bits per heavy atom. The fraction of sp³-hybridized carbons (Fsp3) is 0.881. The van der Waals surface area contributed by atoms with Crippen LogP contribution in [0.3, 0.4) is 0 Å². The molecular formula is C42H79NO8. The molecule has 0 radical (unpaired) electrons. The van der Waals surface area contributed by atoms with E-state index < -0.39 is 49.5 Å². The van der Waals surface area contributed by atoms with E-state index in [-0.39, 0.29) is 12.5 Å². The molecule has 300 valence electrons. The average molecular weight is 726 g/mol. The molecule has 9 nitrogen and oxygen atoms in total. The summed E-state index contributed by atoms with van der Waals surface area (Å²) in [5.74, 6) is -0.160. The van der Waals surface area contributed by atoms with Gasteiger partial charge in [0, 0.05) is 6.42 Å². The van der Waals surface area contributed by atoms with Gasteiger partial charge in [0.2, 0.25) is 5.91 Å². The van der Waals surface area contributed by atoms with Crippen LogP contribution in [0.15, 0.2) is 24.3 Å². The minimum absolute atomic E-state index is 0.143. The van der Waals surface area contributed by atoms with Crippen LogP contribution < -0.4 is 5.32 Å². The van der Waals surface area contributed by atoms with Gasteiger partial charge >= 0.3 is 0 Å². The molecule has 7 unspecified atom stereocenters. The Hall–Kier alpha value is -1.33. The highest BCUT2D eigenvalue weighted by atomic mass is 16.7. The first-order chi connectivity index (χ1) is 24.8. The van der Waals surface area contributed by atoms with E-state index in [1.165, 1.54) is 89.9 Å². The fourth-order valence-corrected chi connectivity index (χ4v) is 6.60. The number of aliphatic hydroxyl groups excluding tert-OH is 5. The van der Waals surface area contributed by atoms with Crippen molar-refractivity contribution in [1.29, 1.82) is 0 Å². The number of hydrogen-bond donors (Lipinski definition) is 6. The number of carbonyl (C=O) groups is 1. The van der Waals surface area contributed by atoms with Crippen LogP contribution in [0, 0.1) is 0 Å². The van der Waals surface area contributed by atoms with E-state index in [9.17, 15) is 30.3 Å². The van der Waals surface area contributed by atoms with Crippen LogP contribution >= 0.6 is 0 Å². The second-order valence-electron chi connectivity index (χ2n) is 14.8. The zero-order valence-electron chi connectivity index (χ0n) is 32.6. The minimum atomic E-state index is -1.55. The van der Waals surface area contributed by atoms with Gasteiger partial charge < -0.3 is 40.3 Å². The lowest BCUT2D eigenvalue weighted by Crippen LogP contribution is -2.60. The van der Waals surface area contributed by atoms with Gasteiger partial charge in [-0.15, -0.1) is 0 Å². The summed E-state index contributed by atoms with van der Waals surface area (Å²) in [6.45, 7) is 3.78. The largest absolute Gasteiger partial charge is 0.394 e. The zero-order valence-corrected chi connectivity index (χ0v) is 32.6. The molecule has 0 aromatic heterocycles. The molecular weight excluding hydrogens is 646 g/mol. The van der Waals surface area contributed by atoms with E-state index in [2.05, 4.69) is 43.5 Å². The van der Waals surface area contributed by atoms with Gasteiger partial charge in [0.15, 0.2) is 6.29 Å². The summed E-state index contributed by atoms with van der Waals surface area (Å²) in [5.41, 5.74) is 0. The van der Waals surface area contributed by atoms with Gasteiger partial charge in [-0.05, 0) is 44.9 Å². The molecule has 0 aliphatic carbocycles. The summed E-state index contributed by atoms with van der Waals surface area (Å²) in [7, 11) is 0.